The number of furan rings is 2. The molecule has 8 heteroatoms. The van der Waals surface area contributed by atoms with Crippen molar-refractivity contribution in [3.05, 3.63) is 235 Å². The molecule has 76 heavy (non-hydrogen) atoms. The average molecular weight is 969 g/mol. The molecule has 8 nitrogen and oxygen atoms in total. The number of para-hydroxylation sites is 6. The van der Waals surface area contributed by atoms with E-state index in [-0.39, 0.29) is 0 Å². The summed E-state index contributed by atoms with van der Waals surface area (Å²) in [5, 5.41) is 24.1. The van der Waals surface area contributed by atoms with E-state index >= 15 is 0 Å². The molecule has 6 heterocycles. The summed E-state index contributed by atoms with van der Waals surface area (Å²) in [7, 11) is 0. The van der Waals surface area contributed by atoms with Crippen LogP contribution in [-0.4, -0.2) is 18.3 Å². The molecule has 11 aromatic carbocycles. The summed E-state index contributed by atoms with van der Waals surface area (Å²) in [4.78, 5) is 4.30. The minimum Gasteiger partial charge on any atom is -0.455 e. The number of hydrogen-bond donors (Lipinski definition) is 0. The van der Waals surface area contributed by atoms with Gasteiger partial charge in [-0.1, -0.05) is 109 Å². The molecule has 0 bridgehead atoms. The van der Waals surface area contributed by atoms with Crippen molar-refractivity contribution >= 4 is 137 Å². The Balaban J connectivity index is 0.941. The maximum atomic E-state index is 11.5. The van der Waals surface area contributed by atoms with Crippen LogP contribution in [0.3, 0.4) is 0 Å². The molecule has 350 valence electrons. The largest absolute Gasteiger partial charge is 0.455 e. The molecule has 0 radical (unpaired) electrons. The van der Waals surface area contributed by atoms with E-state index in [1.165, 1.54) is 21.5 Å². The van der Waals surface area contributed by atoms with Gasteiger partial charge in [0.2, 0.25) is 5.69 Å². The van der Waals surface area contributed by atoms with E-state index in [0.29, 0.717) is 22.6 Å². The van der Waals surface area contributed by atoms with Crippen molar-refractivity contribution in [3.8, 4) is 28.8 Å². The molecule has 0 amide bonds. The van der Waals surface area contributed by atoms with Crippen molar-refractivity contribution in [2.45, 2.75) is 0 Å². The normalized spacial score (nSPS) is 12.2. The van der Waals surface area contributed by atoms with Crippen LogP contribution in [0.5, 0.6) is 0 Å². The maximum Gasteiger partial charge on any atom is 0.214 e. The van der Waals surface area contributed by atoms with Crippen LogP contribution < -0.4 is 0 Å². The molecule has 0 spiro atoms. The van der Waals surface area contributed by atoms with Crippen LogP contribution in [0.1, 0.15) is 5.56 Å². The van der Waals surface area contributed by atoms with Crippen LogP contribution in [0.15, 0.2) is 227 Å². The van der Waals surface area contributed by atoms with E-state index in [4.69, 9.17) is 15.4 Å². The SMILES string of the molecule is [C-]#[N+]c1cc(-n2c3ccc(-n4c5ccccc5c5ccccc54)cc3c3c4oc5ccccc5c4ccc32)cc(C#N)c1-n1c2ccc(-n3c4ccccc4c4ccccc43)cc2c2c3oc4ccccc4c3ccc21. The standard InChI is InChI=1S/C68H36N6O2/c1-70-53-37-42(73-58-30-26-40(71-54-20-8-2-14-43(54)44-15-3-9-21-55(44)71)35-51(58)64-60(73)32-28-49-47-18-6-12-24-62(47)75-67(49)64)34-39(38-69)66(53)74-59-31-27-41(72-56-22-10-4-16-45(56)46-17-5-11-23-57(46)72)36-52(59)65-61(74)33-29-50-48-19-7-13-25-63(48)76-68(50)65/h2-37H. The van der Waals surface area contributed by atoms with Crippen LogP contribution in [0.4, 0.5) is 5.69 Å². The smallest absolute Gasteiger partial charge is 0.214 e. The summed E-state index contributed by atoms with van der Waals surface area (Å²) in [6.45, 7) is 8.97. The Morgan fingerprint density at radius 3 is 1.18 bits per heavy atom. The molecule has 0 unspecified atom stereocenters. The number of fused-ring (bicyclic) bond motifs is 20. The summed E-state index contributed by atoms with van der Waals surface area (Å²) >= 11 is 0. The topological polar surface area (TPSA) is 74.2 Å². The van der Waals surface area contributed by atoms with Crippen molar-refractivity contribution in [2.75, 3.05) is 0 Å². The molecular formula is C68H36N6O2. The van der Waals surface area contributed by atoms with Crippen LogP contribution >= 0.6 is 0 Å². The highest BCUT2D eigenvalue weighted by Crippen LogP contribution is 2.47. The Bertz CT molecular complexity index is 5380. The maximum absolute atomic E-state index is 11.5. The molecule has 0 aliphatic carbocycles. The first-order chi connectivity index (χ1) is 37.6. The number of hydrogen-bond acceptors (Lipinski definition) is 3. The van der Waals surface area contributed by atoms with Gasteiger partial charge in [-0.15, -0.1) is 0 Å². The van der Waals surface area contributed by atoms with Gasteiger partial charge in [0.05, 0.1) is 72.7 Å². The third-order valence-corrected chi connectivity index (χ3v) is 16.0. The molecule has 0 saturated carbocycles. The third kappa shape index (κ3) is 5.28. The molecule has 17 rings (SSSR count). The molecule has 6 aromatic heterocycles. The van der Waals surface area contributed by atoms with Gasteiger partial charge >= 0.3 is 0 Å². The predicted octanol–water partition coefficient (Wildman–Crippen LogP) is 18.3. The lowest BCUT2D eigenvalue weighted by atomic mass is 10.1. The zero-order chi connectivity index (χ0) is 49.9. The second kappa shape index (κ2) is 14.9. The summed E-state index contributed by atoms with van der Waals surface area (Å²) in [5.74, 6) is 0. The van der Waals surface area contributed by atoms with Crippen molar-refractivity contribution in [2.24, 2.45) is 0 Å². The van der Waals surface area contributed by atoms with Crippen LogP contribution in [0, 0.1) is 17.9 Å². The van der Waals surface area contributed by atoms with E-state index < -0.39 is 0 Å². The number of nitrogens with zero attached hydrogens (tertiary/aromatic N) is 6. The Morgan fingerprint density at radius 2 is 0.724 bits per heavy atom. The predicted molar refractivity (Wildman–Crippen MR) is 309 cm³/mol. The lowest BCUT2D eigenvalue weighted by Crippen LogP contribution is -2.02. The van der Waals surface area contributed by atoms with Gasteiger partial charge in [0.15, 0.2) is 0 Å². The van der Waals surface area contributed by atoms with Crippen molar-refractivity contribution < 1.29 is 8.83 Å². The third-order valence-electron chi connectivity index (χ3n) is 16.0. The Kier molecular flexibility index (Phi) is 7.99. The van der Waals surface area contributed by atoms with Gasteiger partial charge in [0, 0.05) is 70.9 Å². The van der Waals surface area contributed by atoms with Gasteiger partial charge in [-0.3, -0.25) is 0 Å². The monoisotopic (exact) mass is 968 g/mol. The van der Waals surface area contributed by atoms with Gasteiger partial charge in [-0.2, -0.15) is 5.26 Å². The molecule has 0 aliphatic rings. The number of nitriles is 1. The highest BCUT2D eigenvalue weighted by molar-refractivity contribution is 6.26. The molecule has 17 aromatic rings. The van der Waals surface area contributed by atoms with E-state index in [9.17, 15) is 5.26 Å². The number of aromatic nitrogens is 4. The Labute approximate surface area is 431 Å². The van der Waals surface area contributed by atoms with Gasteiger partial charge in [-0.05, 0) is 109 Å². The van der Waals surface area contributed by atoms with Gasteiger partial charge in [0.1, 0.15) is 28.4 Å². The number of benzene rings is 11. The van der Waals surface area contributed by atoms with Crippen LogP contribution in [0.25, 0.3) is 159 Å². The summed E-state index contributed by atoms with van der Waals surface area (Å²) < 4.78 is 22.6. The van der Waals surface area contributed by atoms with Crippen LogP contribution in [0.2, 0.25) is 0 Å². The fourth-order valence-corrected chi connectivity index (χ4v) is 12.9. The van der Waals surface area contributed by atoms with E-state index in [1.54, 1.807) is 0 Å². The second-order valence-corrected chi connectivity index (χ2v) is 19.8. The van der Waals surface area contributed by atoms with Gasteiger partial charge in [-0.25, -0.2) is 4.85 Å². The van der Waals surface area contributed by atoms with Crippen molar-refractivity contribution in [3.63, 3.8) is 0 Å². The first-order valence-corrected chi connectivity index (χ1v) is 25.3. The highest BCUT2D eigenvalue weighted by Gasteiger charge is 2.26. The fourth-order valence-electron chi connectivity index (χ4n) is 12.9. The first kappa shape index (κ1) is 40.8. The van der Waals surface area contributed by atoms with E-state index in [0.717, 1.165) is 121 Å². The Hall–Kier alpha value is -10.8. The molecule has 0 aliphatic heterocycles. The van der Waals surface area contributed by atoms with Crippen molar-refractivity contribution in [1.29, 1.82) is 5.26 Å². The molecule has 0 atom stereocenters. The van der Waals surface area contributed by atoms with Gasteiger partial charge in [0.25, 0.3) is 0 Å². The van der Waals surface area contributed by atoms with E-state index in [1.807, 2.05) is 48.5 Å². The van der Waals surface area contributed by atoms with Gasteiger partial charge < -0.3 is 27.1 Å². The highest BCUT2D eigenvalue weighted by atomic mass is 16.3. The molecular weight excluding hydrogens is 933 g/mol. The van der Waals surface area contributed by atoms with Crippen LogP contribution in [-0.2, 0) is 0 Å². The molecule has 0 N–H and O–H groups in total. The molecule has 0 saturated heterocycles. The lowest BCUT2D eigenvalue weighted by Gasteiger charge is -2.16. The van der Waals surface area contributed by atoms with Crippen molar-refractivity contribution in [1.82, 2.24) is 18.3 Å². The summed E-state index contributed by atoms with van der Waals surface area (Å²) in [6, 6.07) is 78.6. The summed E-state index contributed by atoms with van der Waals surface area (Å²) in [5.41, 5.74) is 15.0. The minimum absolute atomic E-state index is 0.339. The van der Waals surface area contributed by atoms with E-state index in [2.05, 4.69) is 199 Å². The minimum atomic E-state index is 0.339. The second-order valence-electron chi connectivity index (χ2n) is 19.8. The summed E-state index contributed by atoms with van der Waals surface area (Å²) in [6.07, 6.45) is 0. The average Bonchev–Trinajstić information content (AvgIpc) is 4.47. The molecule has 0 fully saturated rings. The number of rotatable bonds is 4. The fraction of sp³-hybridized carbons (Fsp3) is 0. The quantitative estimate of drug-likeness (QED) is 0.165. The Morgan fingerprint density at radius 1 is 0.342 bits per heavy atom. The lowest BCUT2D eigenvalue weighted by molar-refractivity contribution is 0.672. The zero-order valence-corrected chi connectivity index (χ0v) is 40.3. The first-order valence-electron chi connectivity index (χ1n) is 25.3. The zero-order valence-electron chi connectivity index (χ0n) is 40.3.